The molecular weight excluding hydrogens is 194 g/mol. The van der Waals surface area contributed by atoms with Crippen molar-refractivity contribution in [2.45, 2.75) is 32.7 Å². The number of hydrogen-bond donors (Lipinski definition) is 2. The van der Waals surface area contributed by atoms with E-state index < -0.39 is 0 Å². The molecule has 0 radical (unpaired) electrons. The summed E-state index contributed by atoms with van der Waals surface area (Å²) in [5.41, 5.74) is 2.13. The van der Waals surface area contributed by atoms with Crippen molar-refractivity contribution in [1.82, 2.24) is 10.3 Å². The average molecular weight is 217 g/mol. The molecule has 5 heteroatoms. The van der Waals surface area contributed by atoms with Crippen LogP contribution in [0.4, 0.5) is 0 Å². The van der Waals surface area contributed by atoms with Gasteiger partial charge in [-0.25, -0.2) is 5.84 Å². The minimum Gasteiger partial charge on any atom is -0.380 e. The van der Waals surface area contributed by atoms with Crippen LogP contribution in [0, 0.1) is 0 Å². The minimum absolute atomic E-state index is 0.111. The van der Waals surface area contributed by atoms with Crippen LogP contribution in [-0.2, 0) is 9.53 Å². The van der Waals surface area contributed by atoms with Gasteiger partial charge in [0.15, 0.2) is 0 Å². The molecule has 15 heavy (non-hydrogen) atoms. The molecule has 0 aromatic carbocycles. The first kappa shape index (κ1) is 14.3. The van der Waals surface area contributed by atoms with E-state index >= 15 is 0 Å². The highest BCUT2D eigenvalue weighted by atomic mass is 16.5. The van der Waals surface area contributed by atoms with Crippen LogP contribution in [0.15, 0.2) is 0 Å². The molecule has 0 aliphatic heterocycles. The van der Waals surface area contributed by atoms with Gasteiger partial charge in [0.05, 0.1) is 6.61 Å². The number of carbonyl (C=O) groups excluding carboxylic acids is 1. The number of hydrazine groups is 1. The van der Waals surface area contributed by atoms with E-state index in [1.807, 2.05) is 14.0 Å². The Morgan fingerprint density at radius 1 is 1.60 bits per heavy atom. The number of likely N-dealkylation sites (N-methyl/N-ethyl adjacent to an activating group) is 1. The Morgan fingerprint density at radius 3 is 2.80 bits per heavy atom. The SMILES string of the molecule is CCOCCN(C)C(C)CCC(=O)NN. The number of amides is 1. The van der Waals surface area contributed by atoms with E-state index in [1.165, 1.54) is 0 Å². The monoisotopic (exact) mass is 217 g/mol. The molecule has 90 valence electrons. The van der Waals surface area contributed by atoms with Gasteiger partial charge in [-0.15, -0.1) is 0 Å². The van der Waals surface area contributed by atoms with Crippen molar-refractivity contribution in [3.63, 3.8) is 0 Å². The fraction of sp³-hybridized carbons (Fsp3) is 0.900. The molecule has 5 nitrogen and oxygen atoms in total. The zero-order chi connectivity index (χ0) is 11.7. The summed E-state index contributed by atoms with van der Waals surface area (Å²) in [6.45, 7) is 6.45. The first-order chi connectivity index (χ1) is 7.11. The fourth-order valence-electron chi connectivity index (χ4n) is 1.21. The molecule has 0 aromatic rings. The smallest absolute Gasteiger partial charge is 0.233 e. The Kier molecular flexibility index (Phi) is 8.27. The lowest BCUT2D eigenvalue weighted by atomic mass is 10.1. The van der Waals surface area contributed by atoms with E-state index in [-0.39, 0.29) is 5.91 Å². The highest BCUT2D eigenvalue weighted by Crippen LogP contribution is 2.03. The lowest BCUT2D eigenvalue weighted by Gasteiger charge is -2.24. The maximum atomic E-state index is 10.9. The van der Waals surface area contributed by atoms with Gasteiger partial charge >= 0.3 is 0 Å². The van der Waals surface area contributed by atoms with Crippen molar-refractivity contribution < 1.29 is 9.53 Å². The Bertz CT molecular complexity index is 176. The molecule has 0 spiro atoms. The number of hydrogen-bond acceptors (Lipinski definition) is 4. The van der Waals surface area contributed by atoms with Crippen molar-refractivity contribution in [3.8, 4) is 0 Å². The van der Waals surface area contributed by atoms with E-state index in [1.54, 1.807) is 0 Å². The fourth-order valence-corrected chi connectivity index (χ4v) is 1.21. The maximum Gasteiger partial charge on any atom is 0.233 e. The van der Waals surface area contributed by atoms with Gasteiger partial charge in [0.2, 0.25) is 5.91 Å². The first-order valence-corrected chi connectivity index (χ1v) is 5.39. The second kappa shape index (κ2) is 8.64. The molecule has 0 bridgehead atoms. The van der Waals surface area contributed by atoms with Gasteiger partial charge in [0, 0.05) is 25.6 Å². The lowest BCUT2D eigenvalue weighted by molar-refractivity contribution is -0.121. The van der Waals surface area contributed by atoms with Crippen molar-refractivity contribution in [2.24, 2.45) is 5.84 Å². The average Bonchev–Trinajstić information content (AvgIpc) is 2.25. The van der Waals surface area contributed by atoms with Gasteiger partial charge in [-0.3, -0.25) is 10.2 Å². The summed E-state index contributed by atoms with van der Waals surface area (Å²) < 4.78 is 5.26. The quantitative estimate of drug-likeness (QED) is 0.262. The Balaban J connectivity index is 3.59. The summed E-state index contributed by atoms with van der Waals surface area (Å²) in [4.78, 5) is 13.1. The molecular formula is C10H23N3O2. The van der Waals surface area contributed by atoms with E-state index in [0.717, 1.165) is 26.2 Å². The molecule has 1 unspecified atom stereocenters. The summed E-state index contributed by atoms with van der Waals surface area (Å²) in [7, 11) is 2.03. The van der Waals surface area contributed by atoms with Crippen molar-refractivity contribution >= 4 is 5.91 Å². The predicted octanol–water partition coefficient (Wildman–Crippen LogP) is 0.113. The first-order valence-electron chi connectivity index (χ1n) is 5.39. The predicted molar refractivity (Wildman–Crippen MR) is 60.1 cm³/mol. The van der Waals surface area contributed by atoms with Gasteiger partial charge in [-0.2, -0.15) is 0 Å². The Hall–Kier alpha value is -0.650. The van der Waals surface area contributed by atoms with E-state index in [0.29, 0.717) is 12.5 Å². The summed E-state index contributed by atoms with van der Waals surface area (Å²) in [5, 5.41) is 0. The third-order valence-corrected chi connectivity index (χ3v) is 2.50. The van der Waals surface area contributed by atoms with Crippen molar-refractivity contribution in [2.75, 3.05) is 26.8 Å². The highest BCUT2D eigenvalue weighted by molar-refractivity contribution is 5.75. The lowest BCUT2D eigenvalue weighted by Crippen LogP contribution is -2.35. The second-order valence-electron chi connectivity index (χ2n) is 3.63. The number of rotatable bonds is 8. The third-order valence-electron chi connectivity index (χ3n) is 2.50. The Labute approximate surface area is 91.9 Å². The van der Waals surface area contributed by atoms with Crippen LogP contribution >= 0.6 is 0 Å². The number of nitrogens with one attached hydrogen (secondary N) is 1. The number of nitrogens with zero attached hydrogens (tertiary/aromatic N) is 1. The van der Waals surface area contributed by atoms with Gasteiger partial charge in [-0.1, -0.05) is 0 Å². The number of nitrogens with two attached hydrogens (primary N) is 1. The van der Waals surface area contributed by atoms with Gasteiger partial charge < -0.3 is 9.64 Å². The highest BCUT2D eigenvalue weighted by Gasteiger charge is 2.10. The molecule has 0 saturated carbocycles. The molecule has 0 aliphatic rings. The summed E-state index contributed by atoms with van der Waals surface area (Å²) in [5.74, 6) is 4.89. The molecule has 0 saturated heterocycles. The molecule has 0 heterocycles. The second-order valence-corrected chi connectivity index (χ2v) is 3.63. The van der Waals surface area contributed by atoms with Crippen molar-refractivity contribution in [1.29, 1.82) is 0 Å². The molecule has 0 rings (SSSR count). The Morgan fingerprint density at radius 2 is 2.27 bits per heavy atom. The number of ether oxygens (including phenoxy) is 1. The molecule has 1 amide bonds. The van der Waals surface area contributed by atoms with E-state index in [4.69, 9.17) is 10.6 Å². The van der Waals surface area contributed by atoms with Crippen LogP contribution in [0.1, 0.15) is 26.7 Å². The largest absolute Gasteiger partial charge is 0.380 e. The topological polar surface area (TPSA) is 67.6 Å². The summed E-state index contributed by atoms with van der Waals surface area (Å²) in [6.07, 6.45) is 1.28. The van der Waals surface area contributed by atoms with Crippen LogP contribution < -0.4 is 11.3 Å². The summed E-state index contributed by atoms with van der Waals surface area (Å²) in [6, 6.07) is 0.364. The summed E-state index contributed by atoms with van der Waals surface area (Å²) >= 11 is 0. The van der Waals surface area contributed by atoms with Crippen LogP contribution in [-0.4, -0.2) is 43.7 Å². The molecule has 1 atom stereocenters. The third kappa shape index (κ3) is 7.30. The molecule has 3 N–H and O–H groups in total. The maximum absolute atomic E-state index is 10.9. The van der Waals surface area contributed by atoms with Crippen LogP contribution in [0.5, 0.6) is 0 Å². The van der Waals surface area contributed by atoms with Gasteiger partial charge in [-0.05, 0) is 27.3 Å². The number of carbonyl (C=O) groups is 1. The zero-order valence-corrected chi connectivity index (χ0v) is 9.95. The van der Waals surface area contributed by atoms with Crippen LogP contribution in [0.25, 0.3) is 0 Å². The normalized spacial score (nSPS) is 12.9. The standard InChI is InChI=1S/C10H23N3O2/c1-4-15-8-7-13(3)9(2)5-6-10(14)12-11/h9H,4-8,11H2,1-3H3,(H,12,14). The molecule has 0 aromatic heterocycles. The van der Waals surface area contributed by atoms with E-state index in [2.05, 4.69) is 17.2 Å². The van der Waals surface area contributed by atoms with E-state index in [9.17, 15) is 4.79 Å². The minimum atomic E-state index is -0.111. The zero-order valence-electron chi connectivity index (χ0n) is 9.95. The molecule has 0 fully saturated rings. The van der Waals surface area contributed by atoms with Gasteiger partial charge in [0.25, 0.3) is 0 Å². The van der Waals surface area contributed by atoms with Crippen molar-refractivity contribution in [3.05, 3.63) is 0 Å². The molecule has 0 aliphatic carbocycles. The van der Waals surface area contributed by atoms with Gasteiger partial charge in [0.1, 0.15) is 0 Å². The van der Waals surface area contributed by atoms with Crippen LogP contribution in [0.2, 0.25) is 0 Å². The van der Waals surface area contributed by atoms with Crippen LogP contribution in [0.3, 0.4) is 0 Å².